The maximum atomic E-state index is 12.3. The normalized spacial score (nSPS) is 12.1. The van der Waals surface area contributed by atoms with Gasteiger partial charge in [0, 0.05) is 42.7 Å². The summed E-state index contributed by atoms with van der Waals surface area (Å²) in [4.78, 5) is 28.8. The van der Waals surface area contributed by atoms with Crippen molar-refractivity contribution in [3.8, 4) is 11.1 Å². The lowest BCUT2D eigenvalue weighted by molar-refractivity contribution is 0.669. The maximum absolute atomic E-state index is 12.3. The van der Waals surface area contributed by atoms with E-state index in [0.717, 1.165) is 32.9 Å². The van der Waals surface area contributed by atoms with Gasteiger partial charge in [-0.25, -0.2) is 9.78 Å². The van der Waals surface area contributed by atoms with Gasteiger partial charge in [-0.1, -0.05) is 6.07 Å². The number of aromatic nitrogens is 5. The number of hydrogen-bond donors (Lipinski definition) is 2. The molecule has 8 heteroatoms. The van der Waals surface area contributed by atoms with Crippen molar-refractivity contribution in [1.29, 1.82) is 0 Å². The van der Waals surface area contributed by atoms with Crippen molar-refractivity contribution in [2.24, 2.45) is 14.1 Å². The number of pyridine rings is 1. The predicted molar refractivity (Wildman–Crippen MR) is 111 cm³/mol. The van der Waals surface area contributed by atoms with Crippen LogP contribution >= 0.6 is 0 Å². The topological polar surface area (TPSA) is 102 Å². The fraction of sp³-hybridized carbons (Fsp3) is 0.0952. The smallest absolute Gasteiger partial charge is 0.328 e. The SMILES string of the molecule is Cn1c(=O)n(C)c2cc(-c3c4c[nH][nH]c4nc4c3oc3cc(=O)ccc34)ccc21. The Morgan fingerprint density at radius 2 is 1.79 bits per heavy atom. The first kappa shape index (κ1) is 15.9. The second kappa shape index (κ2) is 5.26. The second-order valence-corrected chi connectivity index (χ2v) is 7.20. The molecule has 4 aromatic heterocycles. The number of H-pyrrole nitrogens is 2. The summed E-state index contributed by atoms with van der Waals surface area (Å²) in [6.07, 6.45) is 1.83. The molecule has 0 aliphatic carbocycles. The molecule has 142 valence electrons. The van der Waals surface area contributed by atoms with Gasteiger partial charge in [0.05, 0.1) is 11.0 Å². The predicted octanol–water partition coefficient (Wildman–Crippen LogP) is 3.01. The van der Waals surface area contributed by atoms with Gasteiger partial charge in [-0.05, 0) is 29.8 Å². The molecule has 2 aromatic carbocycles. The van der Waals surface area contributed by atoms with Crippen LogP contribution in [0.1, 0.15) is 0 Å². The molecular formula is C21H15N5O3. The Morgan fingerprint density at radius 1 is 0.966 bits per heavy atom. The van der Waals surface area contributed by atoms with Crippen LogP contribution in [-0.4, -0.2) is 24.3 Å². The van der Waals surface area contributed by atoms with Crippen LogP contribution in [0.5, 0.6) is 0 Å². The van der Waals surface area contributed by atoms with Crippen molar-refractivity contribution in [2.45, 2.75) is 0 Å². The van der Waals surface area contributed by atoms with Crippen LogP contribution in [-0.2, 0) is 14.1 Å². The molecule has 6 rings (SSSR count). The van der Waals surface area contributed by atoms with Gasteiger partial charge in [0.1, 0.15) is 11.1 Å². The molecule has 0 amide bonds. The van der Waals surface area contributed by atoms with Crippen LogP contribution in [0, 0.1) is 0 Å². The minimum atomic E-state index is -0.113. The van der Waals surface area contributed by atoms with Crippen molar-refractivity contribution in [3.63, 3.8) is 0 Å². The van der Waals surface area contributed by atoms with Gasteiger partial charge >= 0.3 is 5.69 Å². The van der Waals surface area contributed by atoms with E-state index in [2.05, 4.69) is 10.2 Å². The Bertz CT molecular complexity index is 1720. The Morgan fingerprint density at radius 3 is 2.66 bits per heavy atom. The second-order valence-electron chi connectivity index (χ2n) is 7.20. The van der Waals surface area contributed by atoms with Crippen LogP contribution in [0.25, 0.3) is 55.3 Å². The Balaban J connectivity index is 1.80. The first-order valence-electron chi connectivity index (χ1n) is 9.11. The third kappa shape index (κ3) is 2.00. The molecule has 6 aromatic rings. The van der Waals surface area contributed by atoms with Crippen LogP contribution in [0.4, 0.5) is 0 Å². The summed E-state index contributed by atoms with van der Waals surface area (Å²) >= 11 is 0. The largest absolute Gasteiger partial charge is 0.454 e. The quantitative estimate of drug-likeness (QED) is 0.454. The van der Waals surface area contributed by atoms with Crippen molar-refractivity contribution < 1.29 is 4.42 Å². The highest BCUT2D eigenvalue weighted by molar-refractivity contribution is 6.14. The number of rotatable bonds is 1. The van der Waals surface area contributed by atoms with Gasteiger partial charge in [0.25, 0.3) is 0 Å². The highest BCUT2D eigenvalue weighted by atomic mass is 16.3. The van der Waals surface area contributed by atoms with E-state index in [4.69, 9.17) is 9.40 Å². The lowest BCUT2D eigenvalue weighted by atomic mass is 10.0. The monoisotopic (exact) mass is 385 g/mol. The van der Waals surface area contributed by atoms with Crippen molar-refractivity contribution in [1.82, 2.24) is 24.3 Å². The number of hydrogen-bond acceptors (Lipinski definition) is 4. The number of furan rings is 1. The summed E-state index contributed by atoms with van der Waals surface area (Å²) in [5, 5.41) is 7.69. The number of aryl methyl sites for hydroxylation is 2. The highest BCUT2D eigenvalue weighted by Gasteiger charge is 2.20. The van der Waals surface area contributed by atoms with E-state index in [9.17, 15) is 9.59 Å². The molecule has 0 saturated carbocycles. The lowest BCUT2D eigenvalue weighted by Crippen LogP contribution is -2.19. The molecule has 0 radical (unpaired) electrons. The molecular weight excluding hydrogens is 370 g/mol. The maximum Gasteiger partial charge on any atom is 0.328 e. The Labute approximate surface area is 162 Å². The van der Waals surface area contributed by atoms with Gasteiger partial charge in [-0.15, -0.1) is 0 Å². The molecule has 0 fully saturated rings. The minimum Gasteiger partial charge on any atom is -0.454 e. The summed E-state index contributed by atoms with van der Waals surface area (Å²) in [6.45, 7) is 0. The van der Waals surface area contributed by atoms with Crippen molar-refractivity contribution >= 4 is 44.1 Å². The third-order valence-corrected chi connectivity index (χ3v) is 5.58. The van der Waals surface area contributed by atoms with Crippen LogP contribution in [0.15, 0.2) is 56.6 Å². The molecule has 0 saturated heterocycles. The van der Waals surface area contributed by atoms with Gasteiger partial charge < -0.3 is 9.52 Å². The molecule has 0 atom stereocenters. The highest BCUT2D eigenvalue weighted by Crippen LogP contribution is 2.39. The molecule has 0 unspecified atom stereocenters. The average Bonchev–Trinajstić information content (AvgIpc) is 3.38. The zero-order valence-electron chi connectivity index (χ0n) is 15.6. The number of nitrogens with zero attached hydrogens (tertiary/aromatic N) is 3. The number of benzene rings is 2. The van der Waals surface area contributed by atoms with E-state index in [1.807, 2.05) is 24.4 Å². The van der Waals surface area contributed by atoms with Crippen molar-refractivity contribution in [2.75, 3.05) is 0 Å². The molecule has 8 nitrogen and oxygen atoms in total. The molecule has 0 spiro atoms. The van der Waals surface area contributed by atoms with E-state index in [0.29, 0.717) is 22.3 Å². The van der Waals surface area contributed by atoms with Crippen molar-refractivity contribution in [3.05, 3.63) is 63.3 Å². The molecule has 29 heavy (non-hydrogen) atoms. The van der Waals surface area contributed by atoms with Gasteiger partial charge in [0.15, 0.2) is 16.7 Å². The zero-order chi connectivity index (χ0) is 19.9. The van der Waals surface area contributed by atoms with Gasteiger partial charge in [-0.3, -0.25) is 19.0 Å². The minimum absolute atomic E-state index is 0.0798. The molecule has 2 N–H and O–H groups in total. The first-order chi connectivity index (χ1) is 14.0. The summed E-state index contributed by atoms with van der Waals surface area (Å²) in [5.41, 5.74) is 5.70. The number of fused-ring (bicyclic) bond motifs is 5. The van der Waals surface area contributed by atoms with E-state index >= 15 is 0 Å². The lowest BCUT2D eigenvalue weighted by Gasteiger charge is -2.06. The van der Waals surface area contributed by atoms with Crippen LogP contribution < -0.4 is 11.1 Å². The fourth-order valence-electron chi connectivity index (χ4n) is 4.12. The third-order valence-electron chi connectivity index (χ3n) is 5.58. The summed E-state index contributed by atoms with van der Waals surface area (Å²) in [7, 11) is 3.52. The van der Waals surface area contributed by atoms with Crippen LogP contribution in [0.2, 0.25) is 0 Å². The van der Waals surface area contributed by atoms with E-state index in [1.165, 1.54) is 12.1 Å². The molecule has 0 aliphatic heterocycles. The van der Waals surface area contributed by atoms with Gasteiger partial charge in [-0.2, -0.15) is 0 Å². The standard InChI is InChI=1S/C21H15N5O3/c1-25-14-6-3-10(7-15(14)26(2)21(25)28)17-13-9-22-24-20(13)23-18-12-5-4-11(27)8-16(12)29-19(17)18/h3-9H,1-2H3,(H2,22,23,24). The molecule has 0 aliphatic rings. The Kier molecular flexibility index (Phi) is 2.89. The zero-order valence-corrected chi connectivity index (χ0v) is 15.6. The molecule has 0 bridgehead atoms. The van der Waals surface area contributed by atoms with E-state index in [1.54, 1.807) is 29.3 Å². The van der Waals surface area contributed by atoms with Gasteiger partial charge in [0.2, 0.25) is 0 Å². The fourth-order valence-corrected chi connectivity index (χ4v) is 4.12. The molecule has 4 heterocycles. The summed E-state index contributed by atoms with van der Waals surface area (Å²) < 4.78 is 9.35. The number of imidazole rings is 1. The Hall–Kier alpha value is -4.07. The van der Waals surface area contributed by atoms with Crippen LogP contribution in [0.3, 0.4) is 0 Å². The number of aromatic amines is 2. The van der Waals surface area contributed by atoms with E-state index < -0.39 is 0 Å². The summed E-state index contributed by atoms with van der Waals surface area (Å²) in [5.74, 6) is 0. The number of nitrogens with one attached hydrogen (secondary N) is 2. The average molecular weight is 385 g/mol. The summed E-state index contributed by atoms with van der Waals surface area (Å²) in [6, 6.07) is 10.6. The first-order valence-corrected chi connectivity index (χ1v) is 9.11. The van der Waals surface area contributed by atoms with E-state index in [-0.39, 0.29) is 11.1 Å².